The summed E-state index contributed by atoms with van der Waals surface area (Å²) < 4.78 is 0. The van der Waals surface area contributed by atoms with E-state index in [9.17, 15) is 14.7 Å². The van der Waals surface area contributed by atoms with Gasteiger partial charge in [0.15, 0.2) is 0 Å². The Bertz CT molecular complexity index is 1340. The molecule has 1 atom stereocenters. The smallest absolute Gasteiger partial charge is 0.345 e. The zero-order valence-electron chi connectivity index (χ0n) is 18.6. The van der Waals surface area contributed by atoms with Gasteiger partial charge in [-0.1, -0.05) is 18.2 Å². The topological polar surface area (TPSA) is 117 Å². The molecule has 0 radical (unpaired) electrons. The third kappa shape index (κ3) is 5.02. The standard InChI is InChI=1S/C24H23N5O3S2/c1-25-23(30)17-8-9-26-22-15(4-3-5-16(17)22)14(12-33-2)11-27-21-10-18(28-13-29-21)19-6-7-20(34-19)24(31)32/h3-10,13-14H,11-12H2,1-2H3,(H,25,30)(H,31,32)(H,27,28,29). The number of anilines is 1. The molecule has 4 aromatic rings. The first-order valence-corrected chi connectivity index (χ1v) is 12.7. The molecular formula is C24H23N5O3S2. The number of amides is 1. The summed E-state index contributed by atoms with van der Waals surface area (Å²) in [5, 5.41) is 16.1. The number of nitrogens with zero attached hydrogens (tertiary/aromatic N) is 3. The maximum atomic E-state index is 12.3. The lowest BCUT2D eigenvalue weighted by Gasteiger charge is -2.19. The highest BCUT2D eigenvalue weighted by Gasteiger charge is 2.18. The highest BCUT2D eigenvalue weighted by Crippen LogP contribution is 2.30. The number of pyridine rings is 1. The Morgan fingerprint density at radius 1 is 1.15 bits per heavy atom. The molecule has 1 aromatic carbocycles. The first-order chi connectivity index (χ1) is 16.5. The summed E-state index contributed by atoms with van der Waals surface area (Å²) in [4.78, 5) is 37.8. The normalized spacial score (nSPS) is 11.8. The number of fused-ring (bicyclic) bond motifs is 1. The molecule has 0 saturated carbocycles. The van der Waals surface area contributed by atoms with Crippen molar-refractivity contribution in [1.82, 2.24) is 20.3 Å². The molecule has 1 unspecified atom stereocenters. The lowest BCUT2D eigenvalue weighted by atomic mass is 9.95. The molecule has 174 valence electrons. The van der Waals surface area contributed by atoms with Gasteiger partial charge < -0.3 is 15.7 Å². The molecule has 0 fully saturated rings. The summed E-state index contributed by atoms with van der Waals surface area (Å²) in [7, 11) is 1.62. The van der Waals surface area contributed by atoms with E-state index in [2.05, 4.69) is 37.9 Å². The van der Waals surface area contributed by atoms with Crippen LogP contribution < -0.4 is 10.6 Å². The maximum absolute atomic E-state index is 12.3. The average molecular weight is 494 g/mol. The third-order valence-corrected chi connectivity index (χ3v) is 7.18. The van der Waals surface area contributed by atoms with E-state index in [1.54, 1.807) is 43.2 Å². The fourth-order valence-corrected chi connectivity index (χ4v) is 5.24. The van der Waals surface area contributed by atoms with Crippen LogP contribution in [0.1, 0.15) is 31.5 Å². The number of benzene rings is 1. The predicted octanol–water partition coefficient (Wildman–Crippen LogP) is 4.37. The van der Waals surface area contributed by atoms with Crippen molar-refractivity contribution >= 4 is 51.7 Å². The van der Waals surface area contributed by atoms with E-state index in [1.807, 2.05) is 18.2 Å². The number of carbonyl (C=O) groups excluding carboxylic acids is 1. The SMILES string of the molecule is CNC(=O)c1ccnc2c(C(CNc3cc(-c4ccc(C(=O)O)s4)ncn3)CSC)cccc12. The molecule has 4 rings (SSSR count). The number of hydrogen-bond acceptors (Lipinski definition) is 8. The number of thiophene rings is 1. The highest BCUT2D eigenvalue weighted by molar-refractivity contribution is 7.98. The molecule has 3 aromatic heterocycles. The molecule has 3 N–H and O–H groups in total. The number of hydrogen-bond donors (Lipinski definition) is 3. The summed E-state index contributed by atoms with van der Waals surface area (Å²) in [5.41, 5.74) is 3.14. The number of carboxylic acids is 1. The number of carbonyl (C=O) groups is 2. The van der Waals surface area contributed by atoms with Crippen molar-refractivity contribution in [3.63, 3.8) is 0 Å². The van der Waals surface area contributed by atoms with Crippen LogP contribution >= 0.6 is 23.1 Å². The summed E-state index contributed by atoms with van der Waals surface area (Å²) in [5.74, 6) is 0.526. The van der Waals surface area contributed by atoms with Crippen molar-refractivity contribution in [1.29, 1.82) is 0 Å². The Morgan fingerprint density at radius 3 is 2.74 bits per heavy atom. The fraction of sp³-hybridized carbons (Fsp3) is 0.208. The van der Waals surface area contributed by atoms with Gasteiger partial charge in [-0.05, 0) is 30.0 Å². The molecule has 0 aliphatic carbocycles. The number of thioether (sulfide) groups is 1. The second-order valence-electron chi connectivity index (χ2n) is 7.47. The van der Waals surface area contributed by atoms with Crippen LogP contribution in [0.2, 0.25) is 0 Å². The first kappa shape index (κ1) is 23.7. The van der Waals surface area contributed by atoms with Crippen molar-refractivity contribution in [2.45, 2.75) is 5.92 Å². The molecule has 0 bridgehead atoms. The Morgan fingerprint density at radius 2 is 2.00 bits per heavy atom. The lowest BCUT2D eigenvalue weighted by Crippen LogP contribution is -2.19. The third-order valence-electron chi connectivity index (χ3n) is 5.35. The summed E-state index contributed by atoms with van der Waals surface area (Å²) in [6, 6.07) is 12.8. The number of aromatic nitrogens is 3. The van der Waals surface area contributed by atoms with Crippen molar-refractivity contribution < 1.29 is 14.7 Å². The molecular weight excluding hydrogens is 470 g/mol. The lowest BCUT2D eigenvalue weighted by molar-refractivity contribution is 0.0702. The summed E-state index contributed by atoms with van der Waals surface area (Å²) in [6.07, 6.45) is 5.20. The number of carboxylic acid groups (broad SMARTS) is 1. The molecule has 1 amide bonds. The largest absolute Gasteiger partial charge is 0.477 e. The van der Waals surface area contributed by atoms with Crippen molar-refractivity contribution in [3.8, 4) is 10.6 Å². The minimum Gasteiger partial charge on any atom is -0.477 e. The molecule has 0 saturated heterocycles. The van der Waals surface area contributed by atoms with Crippen molar-refractivity contribution in [3.05, 3.63) is 71.0 Å². The number of para-hydroxylation sites is 1. The van der Waals surface area contributed by atoms with Crippen LogP contribution in [0.25, 0.3) is 21.5 Å². The van der Waals surface area contributed by atoms with Crippen LogP contribution in [-0.4, -0.2) is 57.5 Å². The second kappa shape index (κ2) is 10.6. The van der Waals surface area contributed by atoms with Crippen LogP contribution in [0.4, 0.5) is 5.82 Å². The second-order valence-corrected chi connectivity index (χ2v) is 9.47. The van der Waals surface area contributed by atoms with E-state index < -0.39 is 5.97 Å². The first-order valence-electron chi connectivity index (χ1n) is 10.5. The quantitative estimate of drug-likeness (QED) is 0.315. The molecule has 3 heterocycles. The van der Waals surface area contributed by atoms with Gasteiger partial charge in [-0.3, -0.25) is 9.78 Å². The van der Waals surface area contributed by atoms with Gasteiger partial charge >= 0.3 is 5.97 Å². The number of aromatic carboxylic acids is 1. The molecule has 0 aliphatic heterocycles. The molecule has 0 aliphatic rings. The zero-order chi connectivity index (χ0) is 24.1. The van der Waals surface area contributed by atoms with E-state index in [1.165, 1.54) is 17.7 Å². The average Bonchev–Trinajstić information content (AvgIpc) is 3.36. The van der Waals surface area contributed by atoms with Gasteiger partial charge in [0.05, 0.1) is 21.7 Å². The van der Waals surface area contributed by atoms with E-state index in [4.69, 9.17) is 0 Å². The van der Waals surface area contributed by atoms with E-state index in [0.29, 0.717) is 23.6 Å². The van der Waals surface area contributed by atoms with Crippen LogP contribution in [-0.2, 0) is 0 Å². The number of rotatable bonds is 9. The molecule has 10 heteroatoms. The van der Waals surface area contributed by atoms with E-state index >= 15 is 0 Å². The minimum atomic E-state index is -0.952. The Labute approximate surface area is 204 Å². The Kier molecular flexibility index (Phi) is 7.39. The highest BCUT2D eigenvalue weighted by atomic mass is 32.2. The molecule has 8 nitrogen and oxygen atoms in total. The maximum Gasteiger partial charge on any atom is 0.345 e. The van der Waals surface area contributed by atoms with E-state index in [-0.39, 0.29) is 16.7 Å². The summed E-state index contributed by atoms with van der Waals surface area (Å²) in [6.45, 7) is 0.604. The zero-order valence-corrected chi connectivity index (χ0v) is 20.2. The van der Waals surface area contributed by atoms with Gasteiger partial charge in [0.2, 0.25) is 0 Å². The fourth-order valence-electron chi connectivity index (χ4n) is 3.73. The van der Waals surface area contributed by atoms with Gasteiger partial charge in [0.1, 0.15) is 17.0 Å². The van der Waals surface area contributed by atoms with Gasteiger partial charge in [-0.15, -0.1) is 11.3 Å². The van der Waals surface area contributed by atoms with E-state index in [0.717, 1.165) is 27.1 Å². The van der Waals surface area contributed by atoms with Crippen molar-refractivity contribution in [2.75, 3.05) is 30.9 Å². The Balaban J connectivity index is 1.60. The van der Waals surface area contributed by atoms with Crippen LogP contribution in [0.3, 0.4) is 0 Å². The van der Waals surface area contributed by atoms with Crippen LogP contribution in [0.5, 0.6) is 0 Å². The van der Waals surface area contributed by atoms with Gasteiger partial charge in [0.25, 0.3) is 5.91 Å². The van der Waals surface area contributed by atoms with Gasteiger partial charge in [-0.25, -0.2) is 14.8 Å². The number of nitrogens with one attached hydrogen (secondary N) is 2. The monoisotopic (exact) mass is 493 g/mol. The molecule has 34 heavy (non-hydrogen) atoms. The van der Waals surface area contributed by atoms with Gasteiger partial charge in [0, 0.05) is 42.9 Å². The van der Waals surface area contributed by atoms with Crippen LogP contribution in [0, 0.1) is 0 Å². The van der Waals surface area contributed by atoms with Gasteiger partial charge in [-0.2, -0.15) is 11.8 Å². The van der Waals surface area contributed by atoms with Crippen LogP contribution in [0.15, 0.2) is 55.0 Å². The van der Waals surface area contributed by atoms with Crippen molar-refractivity contribution in [2.24, 2.45) is 0 Å². The predicted molar refractivity (Wildman–Crippen MR) is 137 cm³/mol. The molecule has 0 spiro atoms. The summed E-state index contributed by atoms with van der Waals surface area (Å²) >= 11 is 2.91. The minimum absolute atomic E-state index is 0.116. The Hall–Kier alpha value is -3.50.